The first-order chi connectivity index (χ1) is 6.84. The van der Waals surface area contributed by atoms with E-state index in [0.29, 0.717) is 6.42 Å². The van der Waals surface area contributed by atoms with Crippen molar-refractivity contribution in [3.63, 3.8) is 0 Å². The maximum Gasteiger partial charge on any atom is 0.336 e. The van der Waals surface area contributed by atoms with Gasteiger partial charge in [0.25, 0.3) is 0 Å². The first kappa shape index (κ1) is 12.5. The minimum Gasteiger partial charge on any atom is -0.479 e. The third-order valence-corrected chi connectivity index (χ3v) is 3.63. The van der Waals surface area contributed by atoms with Crippen LogP contribution in [0.3, 0.4) is 0 Å². The molecule has 15 heavy (non-hydrogen) atoms. The van der Waals surface area contributed by atoms with Crippen LogP contribution in [0.5, 0.6) is 0 Å². The molecule has 1 rings (SSSR count). The van der Waals surface area contributed by atoms with Gasteiger partial charge in [-0.25, -0.2) is 4.79 Å². The molecular formula is C12H22O3. The molecule has 0 aromatic heterocycles. The van der Waals surface area contributed by atoms with Gasteiger partial charge in [-0.3, -0.25) is 0 Å². The zero-order valence-electron chi connectivity index (χ0n) is 10.2. The van der Waals surface area contributed by atoms with Gasteiger partial charge in [-0.05, 0) is 24.7 Å². The van der Waals surface area contributed by atoms with E-state index in [9.17, 15) is 9.90 Å². The topological polar surface area (TPSA) is 46.5 Å². The van der Waals surface area contributed by atoms with Crippen molar-refractivity contribution in [2.45, 2.75) is 52.1 Å². The lowest BCUT2D eigenvalue weighted by Gasteiger charge is -2.46. The molecule has 88 valence electrons. The summed E-state index contributed by atoms with van der Waals surface area (Å²) in [5.74, 6) is -0.703. The van der Waals surface area contributed by atoms with Gasteiger partial charge in [0.2, 0.25) is 0 Å². The van der Waals surface area contributed by atoms with Gasteiger partial charge in [-0.1, -0.05) is 27.2 Å². The molecule has 3 heteroatoms. The molecule has 2 atom stereocenters. The number of carboxylic acid groups (broad SMARTS) is 1. The molecule has 1 N–H and O–H groups in total. The first-order valence-electron chi connectivity index (χ1n) is 5.63. The molecule has 2 unspecified atom stereocenters. The summed E-state index contributed by atoms with van der Waals surface area (Å²) >= 11 is 0. The highest BCUT2D eigenvalue weighted by atomic mass is 16.5. The van der Waals surface area contributed by atoms with Crippen molar-refractivity contribution in [3.8, 4) is 0 Å². The Morgan fingerprint density at radius 3 is 2.33 bits per heavy atom. The SMILES string of the molecule is COC1(C(=O)O)CCCCC1C(C)(C)C. The number of ether oxygens (including phenoxy) is 1. The number of hydrogen-bond donors (Lipinski definition) is 1. The molecule has 0 aromatic carbocycles. The van der Waals surface area contributed by atoms with Gasteiger partial charge in [0, 0.05) is 13.0 Å². The molecule has 0 aromatic rings. The molecule has 0 saturated heterocycles. The molecule has 0 bridgehead atoms. The van der Waals surface area contributed by atoms with Gasteiger partial charge in [-0.15, -0.1) is 0 Å². The molecule has 0 aliphatic heterocycles. The van der Waals surface area contributed by atoms with Crippen molar-refractivity contribution in [1.82, 2.24) is 0 Å². The van der Waals surface area contributed by atoms with Crippen LogP contribution in [0.25, 0.3) is 0 Å². The molecule has 0 radical (unpaired) electrons. The van der Waals surface area contributed by atoms with Crippen LogP contribution >= 0.6 is 0 Å². The fraction of sp³-hybridized carbons (Fsp3) is 0.917. The maximum atomic E-state index is 11.4. The maximum absolute atomic E-state index is 11.4. The Morgan fingerprint density at radius 1 is 1.40 bits per heavy atom. The van der Waals surface area contributed by atoms with Crippen LogP contribution in [0.15, 0.2) is 0 Å². The molecule has 1 aliphatic carbocycles. The van der Waals surface area contributed by atoms with Gasteiger partial charge in [-0.2, -0.15) is 0 Å². The molecule has 1 fully saturated rings. The highest BCUT2D eigenvalue weighted by Crippen LogP contribution is 2.46. The van der Waals surface area contributed by atoms with Crippen LogP contribution in [0, 0.1) is 11.3 Å². The van der Waals surface area contributed by atoms with Gasteiger partial charge >= 0.3 is 5.97 Å². The molecule has 0 heterocycles. The van der Waals surface area contributed by atoms with E-state index in [2.05, 4.69) is 20.8 Å². The molecule has 1 aliphatic rings. The molecule has 3 nitrogen and oxygen atoms in total. The predicted octanol–water partition coefficient (Wildman–Crippen LogP) is 2.69. The van der Waals surface area contributed by atoms with Crippen LogP contribution in [0.1, 0.15) is 46.5 Å². The number of hydrogen-bond acceptors (Lipinski definition) is 2. The minimum atomic E-state index is -0.962. The Labute approximate surface area is 91.8 Å². The second-order valence-corrected chi connectivity index (χ2v) is 5.56. The first-order valence-corrected chi connectivity index (χ1v) is 5.63. The highest BCUT2D eigenvalue weighted by Gasteiger charge is 2.51. The average Bonchev–Trinajstić information content (AvgIpc) is 2.16. The summed E-state index contributed by atoms with van der Waals surface area (Å²) in [6.07, 6.45) is 3.65. The number of rotatable bonds is 2. The fourth-order valence-corrected chi connectivity index (χ4v) is 2.86. The summed E-state index contributed by atoms with van der Waals surface area (Å²) in [4.78, 5) is 11.4. The van der Waals surface area contributed by atoms with Crippen molar-refractivity contribution in [2.75, 3.05) is 7.11 Å². The zero-order valence-corrected chi connectivity index (χ0v) is 10.2. The smallest absolute Gasteiger partial charge is 0.336 e. The Morgan fingerprint density at radius 2 is 2.00 bits per heavy atom. The monoisotopic (exact) mass is 214 g/mol. The van der Waals surface area contributed by atoms with Gasteiger partial charge in [0.1, 0.15) is 0 Å². The van der Waals surface area contributed by atoms with Crippen molar-refractivity contribution < 1.29 is 14.6 Å². The Kier molecular flexibility index (Phi) is 3.44. The summed E-state index contributed by atoms with van der Waals surface area (Å²) in [6, 6.07) is 0. The molecule has 0 spiro atoms. The summed E-state index contributed by atoms with van der Waals surface area (Å²) in [5, 5.41) is 9.40. The van der Waals surface area contributed by atoms with E-state index in [0.717, 1.165) is 19.3 Å². The van der Waals surface area contributed by atoms with E-state index >= 15 is 0 Å². The van der Waals surface area contributed by atoms with Crippen LogP contribution in [-0.2, 0) is 9.53 Å². The third-order valence-electron chi connectivity index (χ3n) is 3.63. The standard InChI is InChI=1S/C12H22O3/c1-11(2,3)9-7-5-6-8-12(9,15-4)10(13)14/h9H,5-8H2,1-4H3,(H,13,14). The summed E-state index contributed by atoms with van der Waals surface area (Å²) < 4.78 is 5.38. The third kappa shape index (κ3) is 2.17. The number of carbonyl (C=O) groups is 1. The van der Waals surface area contributed by atoms with Crippen LogP contribution in [-0.4, -0.2) is 23.8 Å². The molecular weight excluding hydrogens is 192 g/mol. The minimum absolute atomic E-state index is 0.0190. The number of methoxy groups -OCH3 is 1. The van der Waals surface area contributed by atoms with Gasteiger partial charge in [0.05, 0.1) is 0 Å². The second-order valence-electron chi connectivity index (χ2n) is 5.56. The van der Waals surface area contributed by atoms with E-state index in [-0.39, 0.29) is 11.3 Å². The van der Waals surface area contributed by atoms with E-state index in [4.69, 9.17) is 4.74 Å². The van der Waals surface area contributed by atoms with E-state index in [1.807, 2.05) is 0 Å². The van der Waals surface area contributed by atoms with Crippen LogP contribution in [0.4, 0.5) is 0 Å². The Hall–Kier alpha value is -0.570. The lowest BCUT2D eigenvalue weighted by atomic mass is 9.63. The number of aliphatic carboxylic acids is 1. The van der Waals surface area contributed by atoms with Gasteiger partial charge in [0.15, 0.2) is 5.60 Å². The van der Waals surface area contributed by atoms with E-state index in [1.165, 1.54) is 7.11 Å². The summed E-state index contributed by atoms with van der Waals surface area (Å²) in [7, 11) is 1.53. The normalized spacial score (nSPS) is 32.7. The molecule has 1 saturated carbocycles. The Bertz CT molecular complexity index is 242. The molecule has 0 amide bonds. The fourth-order valence-electron chi connectivity index (χ4n) is 2.86. The summed E-state index contributed by atoms with van der Waals surface area (Å²) in [5.41, 5.74) is -0.981. The lowest BCUT2D eigenvalue weighted by Crippen LogP contribution is -2.53. The van der Waals surface area contributed by atoms with Crippen LogP contribution < -0.4 is 0 Å². The van der Waals surface area contributed by atoms with Crippen molar-refractivity contribution in [3.05, 3.63) is 0 Å². The van der Waals surface area contributed by atoms with E-state index in [1.54, 1.807) is 0 Å². The zero-order chi connectivity index (χ0) is 11.7. The Balaban J connectivity index is 3.04. The van der Waals surface area contributed by atoms with Crippen molar-refractivity contribution >= 4 is 5.97 Å². The second kappa shape index (κ2) is 4.12. The predicted molar refractivity (Wildman–Crippen MR) is 58.8 cm³/mol. The van der Waals surface area contributed by atoms with Crippen LogP contribution in [0.2, 0.25) is 0 Å². The van der Waals surface area contributed by atoms with Gasteiger partial charge < -0.3 is 9.84 Å². The van der Waals surface area contributed by atoms with Crippen molar-refractivity contribution in [1.29, 1.82) is 0 Å². The summed E-state index contributed by atoms with van der Waals surface area (Å²) in [6.45, 7) is 6.29. The number of carboxylic acids is 1. The van der Waals surface area contributed by atoms with E-state index < -0.39 is 11.6 Å². The highest BCUT2D eigenvalue weighted by molar-refractivity contribution is 5.78. The average molecular weight is 214 g/mol. The quantitative estimate of drug-likeness (QED) is 0.768. The lowest BCUT2D eigenvalue weighted by molar-refractivity contribution is -0.183. The largest absolute Gasteiger partial charge is 0.479 e. The van der Waals surface area contributed by atoms with Crippen molar-refractivity contribution in [2.24, 2.45) is 11.3 Å².